The van der Waals surface area contributed by atoms with Crippen LogP contribution in [0.3, 0.4) is 0 Å². The molecule has 0 unspecified atom stereocenters. The number of cyclic esters (lactones) is 1. The summed E-state index contributed by atoms with van der Waals surface area (Å²) in [7, 11) is 0. The minimum Gasteiger partial charge on any atom is -0.456 e. The normalized spacial score (nSPS) is 26.2. The second kappa shape index (κ2) is 7.80. The van der Waals surface area contributed by atoms with Crippen LogP contribution < -0.4 is 5.32 Å². The van der Waals surface area contributed by atoms with E-state index in [0.717, 1.165) is 43.5 Å². The van der Waals surface area contributed by atoms with E-state index >= 15 is 0 Å². The lowest BCUT2D eigenvalue weighted by Crippen LogP contribution is -2.42. The Morgan fingerprint density at radius 3 is 2.68 bits per heavy atom. The first-order valence-corrected chi connectivity index (χ1v) is 10.5. The zero-order valence-corrected chi connectivity index (χ0v) is 17.3. The molecule has 0 aromatic carbocycles. The zero-order chi connectivity index (χ0) is 21.4. The Morgan fingerprint density at radius 1 is 1.19 bits per heavy atom. The van der Waals surface area contributed by atoms with Crippen molar-refractivity contribution in [1.29, 1.82) is 0 Å². The van der Waals surface area contributed by atoms with Crippen molar-refractivity contribution in [2.24, 2.45) is 5.41 Å². The highest BCUT2D eigenvalue weighted by Crippen LogP contribution is 2.46. The van der Waals surface area contributed by atoms with Gasteiger partial charge in [-0.2, -0.15) is 9.78 Å². The van der Waals surface area contributed by atoms with Crippen molar-refractivity contribution < 1.29 is 14.3 Å². The van der Waals surface area contributed by atoms with Gasteiger partial charge in [0.15, 0.2) is 5.82 Å². The SMILES string of the molecule is CC1=C(N2CC[C@]3(CC[C@@H](NCc4ccc(-n5cnnn5)nn4)CC3)C2=O)COC1=O. The van der Waals surface area contributed by atoms with Crippen LogP contribution in [-0.2, 0) is 20.9 Å². The van der Waals surface area contributed by atoms with E-state index in [0.29, 0.717) is 30.5 Å². The molecule has 11 heteroatoms. The average Bonchev–Trinajstić information content (AvgIpc) is 3.51. The third-order valence-corrected chi connectivity index (χ3v) is 6.72. The van der Waals surface area contributed by atoms with Gasteiger partial charge in [0, 0.05) is 19.1 Å². The van der Waals surface area contributed by atoms with Gasteiger partial charge in [-0.1, -0.05) is 0 Å². The van der Waals surface area contributed by atoms with E-state index < -0.39 is 0 Å². The third kappa shape index (κ3) is 3.58. The van der Waals surface area contributed by atoms with E-state index in [1.165, 1.54) is 11.0 Å². The highest BCUT2D eigenvalue weighted by molar-refractivity contribution is 5.94. The third-order valence-electron chi connectivity index (χ3n) is 6.72. The first-order valence-electron chi connectivity index (χ1n) is 10.5. The quantitative estimate of drug-likeness (QED) is 0.684. The number of esters is 1. The molecule has 1 saturated heterocycles. The summed E-state index contributed by atoms with van der Waals surface area (Å²) in [5.41, 5.74) is 1.85. The van der Waals surface area contributed by atoms with Crippen molar-refractivity contribution in [2.75, 3.05) is 13.2 Å². The molecular weight excluding hydrogens is 400 g/mol. The minimum atomic E-state index is -0.314. The Balaban J connectivity index is 1.15. The maximum Gasteiger partial charge on any atom is 0.336 e. The van der Waals surface area contributed by atoms with Gasteiger partial charge in [-0.25, -0.2) is 4.79 Å². The summed E-state index contributed by atoms with van der Waals surface area (Å²) < 4.78 is 6.55. The number of ether oxygens (including phenoxy) is 1. The standard InChI is InChI=1S/C20H24N8O3/c1-13-16(11-31-18(13)29)27-9-8-20(19(27)30)6-4-14(5-7-20)21-10-15-2-3-17(24-23-15)28-12-22-25-26-28/h2-3,12,14,21H,4-11H2,1H3/t14-,20-. The molecule has 1 spiro atoms. The van der Waals surface area contributed by atoms with Crippen molar-refractivity contribution >= 4 is 11.9 Å². The van der Waals surface area contributed by atoms with Crippen LogP contribution >= 0.6 is 0 Å². The van der Waals surface area contributed by atoms with E-state index in [1.54, 1.807) is 11.8 Å². The molecule has 162 valence electrons. The maximum atomic E-state index is 13.2. The number of hydrogen-bond donors (Lipinski definition) is 1. The highest BCUT2D eigenvalue weighted by Gasteiger charge is 2.50. The smallest absolute Gasteiger partial charge is 0.336 e. The molecule has 3 aliphatic rings. The van der Waals surface area contributed by atoms with Crippen LogP contribution in [0.1, 0.15) is 44.7 Å². The van der Waals surface area contributed by atoms with Gasteiger partial charge in [-0.3, -0.25) is 4.79 Å². The van der Waals surface area contributed by atoms with Gasteiger partial charge >= 0.3 is 5.97 Å². The van der Waals surface area contributed by atoms with Gasteiger partial charge in [0.05, 0.1) is 22.4 Å². The molecule has 0 bridgehead atoms. The number of amides is 1. The second-order valence-corrected chi connectivity index (χ2v) is 8.43. The lowest BCUT2D eigenvalue weighted by molar-refractivity contribution is -0.138. The Hall–Kier alpha value is -3.21. The number of carbonyl (C=O) groups is 2. The Bertz CT molecular complexity index is 1010. The van der Waals surface area contributed by atoms with Crippen LogP contribution in [0.2, 0.25) is 0 Å². The van der Waals surface area contributed by atoms with Crippen LogP contribution in [0.25, 0.3) is 5.82 Å². The predicted octanol–water partition coefficient (Wildman–Crippen LogP) is 0.534. The largest absolute Gasteiger partial charge is 0.456 e. The van der Waals surface area contributed by atoms with Crippen molar-refractivity contribution in [3.8, 4) is 5.82 Å². The summed E-state index contributed by atoms with van der Waals surface area (Å²) in [6.45, 7) is 3.24. The van der Waals surface area contributed by atoms with Crippen molar-refractivity contribution in [1.82, 2.24) is 40.6 Å². The van der Waals surface area contributed by atoms with Crippen LogP contribution in [0, 0.1) is 5.41 Å². The van der Waals surface area contributed by atoms with Gasteiger partial charge < -0.3 is 15.0 Å². The summed E-state index contributed by atoms with van der Waals surface area (Å²) in [6, 6.07) is 4.07. The maximum absolute atomic E-state index is 13.2. The first kappa shape index (κ1) is 19.7. The van der Waals surface area contributed by atoms with Crippen molar-refractivity contribution in [2.45, 2.75) is 51.6 Å². The van der Waals surface area contributed by atoms with Crippen molar-refractivity contribution in [3.63, 3.8) is 0 Å². The molecule has 2 fully saturated rings. The molecule has 0 radical (unpaired) electrons. The van der Waals surface area contributed by atoms with E-state index in [9.17, 15) is 9.59 Å². The fraction of sp³-hybridized carbons (Fsp3) is 0.550. The van der Waals surface area contributed by atoms with Gasteiger partial charge in [-0.05, 0) is 61.6 Å². The number of nitrogens with one attached hydrogen (secondary N) is 1. The lowest BCUT2D eigenvalue weighted by atomic mass is 9.71. The van der Waals surface area contributed by atoms with Gasteiger partial charge in [0.2, 0.25) is 5.91 Å². The predicted molar refractivity (Wildman–Crippen MR) is 106 cm³/mol. The molecule has 1 aliphatic carbocycles. The Morgan fingerprint density at radius 2 is 2.03 bits per heavy atom. The molecule has 4 heterocycles. The fourth-order valence-corrected chi connectivity index (χ4v) is 4.75. The van der Waals surface area contributed by atoms with Gasteiger partial charge in [0.25, 0.3) is 0 Å². The van der Waals surface area contributed by atoms with E-state index in [-0.39, 0.29) is 23.9 Å². The number of tetrazole rings is 1. The van der Waals surface area contributed by atoms with E-state index in [4.69, 9.17) is 4.74 Å². The Kier molecular flexibility index (Phi) is 4.97. The topological polar surface area (TPSA) is 128 Å². The average molecular weight is 424 g/mol. The van der Waals surface area contributed by atoms with Gasteiger partial charge in [-0.15, -0.1) is 10.2 Å². The first-order chi connectivity index (χ1) is 15.1. The molecule has 31 heavy (non-hydrogen) atoms. The second-order valence-electron chi connectivity index (χ2n) is 8.43. The number of aromatic nitrogens is 6. The Labute approximate surface area is 178 Å². The number of rotatable bonds is 5. The van der Waals surface area contributed by atoms with Crippen LogP contribution in [0.5, 0.6) is 0 Å². The molecule has 5 rings (SSSR count). The molecule has 2 aromatic heterocycles. The monoisotopic (exact) mass is 424 g/mol. The van der Waals surface area contributed by atoms with Crippen LogP contribution in [-0.4, -0.2) is 66.4 Å². The fourth-order valence-electron chi connectivity index (χ4n) is 4.75. The number of carbonyl (C=O) groups excluding carboxylic acids is 2. The molecule has 0 atom stereocenters. The highest BCUT2D eigenvalue weighted by atomic mass is 16.5. The number of likely N-dealkylation sites (tertiary alicyclic amines) is 1. The van der Waals surface area contributed by atoms with Crippen molar-refractivity contribution in [3.05, 3.63) is 35.4 Å². The zero-order valence-electron chi connectivity index (χ0n) is 17.3. The number of nitrogens with zero attached hydrogens (tertiary/aromatic N) is 7. The molecule has 1 amide bonds. The minimum absolute atomic E-state index is 0.155. The molecule has 1 N–H and O–H groups in total. The summed E-state index contributed by atoms with van der Waals surface area (Å²) in [5, 5.41) is 22.9. The summed E-state index contributed by atoms with van der Waals surface area (Å²) in [6.07, 6.45) is 5.89. The van der Waals surface area contributed by atoms with E-state index in [1.807, 2.05) is 12.1 Å². The van der Waals surface area contributed by atoms with Crippen LogP contribution in [0.15, 0.2) is 29.7 Å². The number of hydrogen-bond acceptors (Lipinski definition) is 9. The molecule has 11 nitrogen and oxygen atoms in total. The molecule has 2 aromatic rings. The summed E-state index contributed by atoms with van der Waals surface area (Å²) >= 11 is 0. The molecule has 1 saturated carbocycles. The van der Waals surface area contributed by atoms with Gasteiger partial charge in [0.1, 0.15) is 12.9 Å². The van der Waals surface area contributed by atoms with Crippen LogP contribution in [0.4, 0.5) is 0 Å². The lowest BCUT2D eigenvalue weighted by Gasteiger charge is -2.36. The van der Waals surface area contributed by atoms with E-state index in [2.05, 4.69) is 31.0 Å². The molecular formula is C20H24N8O3. The molecule has 2 aliphatic heterocycles. The summed E-state index contributed by atoms with van der Waals surface area (Å²) in [4.78, 5) is 26.7. The summed E-state index contributed by atoms with van der Waals surface area (Å²) in [5.74, 6) is 0.408.